The highest BCUT2D eigenvalue weighted by Gasteiger charge is 2.27. The summed E-state index contributed by atoms with van der Waals surface area (Å²) in [4.78, 5) is 12.5. The third-order valence-electron chi connectivity index (χ3n) is 4.34. The van der Waals surface area contributed by atoms with Crippen molar-refractivity contribution < 1.29 is 13.2 Å². The maximum Gasteiger partial charge on any atom is 0.243 e. The zero-order valence-corrected chi connectivity index (χ0v) is 18.4. The van der Waals surface area contributed by atoms with E-state index in [1.54, 1.807) is 42.5 Å². The molecule has 0 fully saturated rings. The van der Waals surface area contributed by atoms with E-state index in [1.807, 2.05) is 20.8 Å². The Labute approximate surface area is 176 Å². The number of nitrogens with zero attached hydrogens (tertiary/aromatic N) is 1. The van der Waals surface area contributed by atoms with Gasteiger partial charge in [0.25, 0.3) is 0 Å². The second kappa shape index (κ2) is 9.74. The number of carbonyl (C=O) groups is 1. The molecule has 0 saturated carbocycles. The highest BCUT2D eigenvalue weighted by molar-refractivity contribution is 7.89. The fourth-order valence-corrected chi connectivity index (χ4v) is 4.21. The van der Waals surface area contributed by atoms with Gasteiger partial charge in [-0.2, -0.15) is 4.31 Å². The number of rotatable bonds is 8. The first-order valence-electron chi connectivity index (χ1n) is 8.93. The summed E-state index contributed by atoms with van der Waals surface area (Å²) in [6.45, 7) is 5.41. The van der Waals surface area contributed by atoms with Crippen LogP contribution in [0.1, 0.15) is 31.4 Å². The van der Waals surface area contributed by atoms with Crippen LogP contribution in [0.4, 0.5) is 0 Å². The summed E-state index contributed by atoms with van der Waals surface area (Å²) >= 11 is 12.0. The Morgan fingerprint density at radius 2 is 1.75 bits per heavy atom. The predicted octanol–water partition coefficient (Wildman–Crippen LogP) is 4.41. The zero-order chi connectivity index (χ0) is 20.9. The van der Waals surface area contributed by atoms with Crippen molar-refractivity contribution in [1.29, 1.82) is 0 Å². The molecule has 1 N–H and O–H groups in total. The maximum absolute atomic E-state index is 13.2. The Hall–Kier alpha value is -1.60. The van der Waals surface area contributed by atoms with Gasteiger partial charge >= 0.3 is 0 Å². The summed E-state index contributed by atoms with van der Waals surface area (Å²) < 4.78 is 27.5. The molecule has 0 aliphatic heterocycles. The third-order valence-corrected chi connectivity index (χ3v) is 6.89. The van der Waals surface area contributed by atoms with E-state index in [-0.39, 0.29) is 29.9 Å². The van der Waals surface area contributed by atoms with Crippen molar-refractivity contribution in [2.24, 2.45) is 0 Å². The van der Waals surface area contributed by atoms with Gasteiger partial charge in [0, 0.05) is 12.6 Å². The molecule has 0 radical (unpaired) electrons. The van der Waals surface area contributed by atoms with Crippen LogP contribution >= 0.6 is 23.2 Å². The molecule has 1 unspecified atom stereocenters. The molecule has 0 spiro atoms. The van der Waals surface area contributed by atoms with Gasteiger partial charge in [-0.15, -0.1) is 0 Å². The van der Waals surface area contributed by atoms with Gasteiger partial charge < -0.3 is 5.32 Å². The maximum atomic E-state index is 13.2. The number of hydrogen-bond donors (Lipinski definition) is 1. The Morgan fingerprint density at radius 3 is 2.32 bits per heavy atom. The van der Waals surface area contributed by atoms with Crippen molar-refractivity contribution in [3.63, 3.8) is 0 Å². The minimum absolute atomic E-state index is 0.00102. The van der Waals surface area contributed by atoms with Gasteiger partial charge in [0.2, 0.25) is 15.9 Å². The van der Waals surface area contributed by atoms with E-state index < -0.39 is 10.0 Å². The average Bonchev–Trinajstić information content (AvgIpc) is 2.64. The number of carbonyl (C=O) groups excluding carboxylic acids is 1. The van der Waals surface area contributed by atoms with Crippen molar-refractivity contribution in [3.05, 3.63) is 63.6 Å². The molecule has 0 aromatic heterocycles. The Balaban J connectivity index is 2.35. The van der Waals surface area contributed by atoms with Crippen LogP contribution in [0.5, 0.6) is 0 Å². The van der Waals surface area contributed by atoms with Gasteiger partial charge in [-0.05, 0) is 50.1 Å². The molecule has 2 aromatic rings. The van der Waals surface area contributed by atoms with Crippen LogP contribution < -0.4 is 5.32 Å². The van der Waals surface area contributed by atoms with E-state index in [1.165, 1.54) is 0 Å². The normalized spacial score (nSPS) is 12.8. The van der Waals surface area contributed by atoms with E-state index in [0.717, 1.165) is 16.3 Å². The molecule has 152 valence electrons. The first kappa shape index (κ1) is 22.7. The molecule has 2 aromatic carbocycles. The van der Waals surface area contributed by atoms with Gasteiger partial charge in [0.05, 0.1) is 21.5 Å². The lowest BCUT2D eigenvalue weighted by Gasteiger charge is -2.23. The van der Waals surface area contributed by atoms with E-state index in [0.29, 0.717) is 15.6 Å². The molecule has 0 bridgehead atoms. The zero-order valence-electron chi connectivity index (χ0n) is 16.1. The van der Waals surface area contributed by atoms with Crippen molar-refractivity contribution in [1.82, 2.24) is 9.62 Å². The summed E-state index contributed by atoms with van der Waals surface area (Å²) in [5.41, 5.74) is 1.59. The monoisotopic (exact) mass is 442 g/mol. The predicted molar refractivity (Wildman–Crippen MR) is 113 cm³/mol. The fourth-order valence-electron chi connectivity index (χ4n) is 2.51. The van der Waals surface area contributed by atoms with Gasteiger partial charge in [0.15, 0.2) is 0 Å². The molecule has 0 saturated heterocycles. The van der Waals surface area contributed by atoms with Crippen LogP contribution in [0.15, 0.2) is 47.4 Å². The van der Waals surface area contributed by atoms with Gasteiger partial charge in [-0.3, -0.25) is 4.79 Å². The van der Waals surface area contributed by atoms with Crippen LogP contribution in [0, 0.1) is 6.92 Å². The number of benzene rings is 2. The molecule has 28 heavy (non-hydrogen) atoms. The molecule has 0 aliphatic carbocycles. The number of nitrogens with one attached hydrogen (secondary N) is 1. The first-order valence-corrected chi connectivity index (χ1v) is 11.1. The Morgan fingerprint density at radius 1 is 1.11 bits per heavy atom. The fraction of sp³-hybridized carbons (Fsp3) is 0.350. The average molecular weight is 443 g/mol. The molecule has 8 heteroatoms. The molecule has 0 aliphatic rings. The SMILES string of the molecule is CCC(C)NC(=O)CN(Cc1ccc(Cl)c(Cl)c1)S(=O)(=O)c1ccc(C)cc1. The molecule has 2 rings (SSSR count). The third kappa shape index (κ3) is 5.95. The largest absolute Gasteiger partial charge is 0.353 e. The van der Waals surface area contributed by atoms with Crippen molar-refractivity contribution in [2.75, 3.05) is 6.54 Å². The highest BCUT2D eigenvalue weighted by Crippen LogP contribution is 2.25. The van der Waals surface area contributed by atoms with Crippen molar-refractivity contribution >= 4 is 39.1 Å². The van der Waals surface area contributed by atoms with Gasteiger partial charge in [-0.1, -0.05) is 53.9 Å². The Kier molecular flexibility index (Phi) is 7.89. The highest BCUT2D eigenvalue weighted by atomic mass is 35.5. The van der Waals surface area contributed by atoms with E-state index in [4.69, 9.17) is 23.2 Å². The second-order valence-corrected chi connectivity index (χ2v) is 9.46. The molecule has 5 nitrogen and oxygen atoms in total. The number of aryl methyl sites for hydroxylation is 1. The second-order valence-electron chi connectivity index (χ2n) is 6.71. The number of halogens is 2. The lowest BCUT2D eigenvalue weighted by atomic mass is 10.2. The summed E-state index contributed by atoms with van der Waals surface area (Å²) in [6.07, 6.45) is 0.753. The topological polar surface area (TPSA) is 66.5 Å². The lowest BCUT2D eigenvalue weighted by Crippen LogP contribution is -2.43. The van der Waals surface area contributed by atoms with E-state index in [9.17, 15) is 13.2 Å². The van der Waals surface area contributed by atoms with Crippen LogP contribution in [0.3, 0.4) is 0 Å². The molecule has 0 heterocycles. The van der Waals surface area contributed by atoms with Crippen LogP contribution in [0.25, 0.3) is 0 Å². The van der Waals surface area contributed by atoms with Gasteiger partial charge in [-0.25, -0.2) is 8.42 Å². The molecule has 1 amide bonds. The Bertz CT molecular complexity index is 931. The van der Waals surface area contributed by atoms with Crippen LogP contribution in [0.2, 0.25) is 10.0 Å². The van der Waals surface area contributed by atoms with Crippen molar-refractivity contribution in [2.45, 2.75) is 44.7 Å². The summed E-state index contributed by atoms with van der Waals surface area (Å²) in [6, 6.07) is 11.4. The van der Waals surface area contributed by atoms with Gasteiger partial charge in [0.1, 0.15) is 0 Å². The van der Waals surface area contributed by atoms with Crippen LogP contribution in [-0.2, 0) is 21.4 Å². The molecule has 1 atom stereocenters. The number of hydrogen-bond acceptors (Lipinski definition) is 3. The first-order chi connectivity index (χ1) is 13.1. The number of sulfonamides is 1. The standard InChI is InChI=1S/C20H24Cl2N2O3S/c1-4-15(3)23-20(25)13-24(12-16-7-10-18(21)19(22)11-16)28(26,27)17-8-5-14(2)6-9-17/h5-11,15H,4,12-13H2,1-3H3,(H,23,25). The van der Waals surface area contributed by atoms with Crippen LogP contribution in [-0.4, -0.2) is 31.2 Å². The minimum atomic E-state index is -3.88. The summed E-state index contributed by atoms with van der Waals surface area (Å²) in [7, 11) is -3.88. The molecular formula is C20H24Cl2N2O3S. The van der Waals surface area contributed by atoms with E-state index in [2.05, 4.69) is 5.32 Å². The minimum Gasteiger partial charge on any atom is -0.353 e. The quantitative estimate of drug-likeness (QED) is 0.658. The van der Waals surface area contributed by atoms with Crippen molar-refractivity contribution in [3.8, 4) is 0 Å². The number of amides is 1. The molecular weight excluding hydrogens is 419 g/mol. The smallest absolute Gasteiger partial charge is 0.243 e. The summed E-state index contributed by atoms with van der Waals surface area (Å²) in [5.74, 6) is -0.356. The van der Waals surface area contributed by atoms with E-state index >= 15 is 0 Å². The summed E-state index contributed by atoms with van der Waals surface area (Å²) in [5, 5.41) is 3.52. The lowest BCUT2D eigenvalue weighted by molar-refractivity contribution is -0.122.